The van der Waals surface area contributed by atoms with Gasteiger partial charge in [-0.2, -0.15) is 0 Å². The molecule has 0 aromatic heterocycles. The van der Waals surface area contributed by atoms with Crippen LogP contribution in [0.3, 0.4) is 0 Å². The molecule has 22 heavy (non-hydrogen) atoms. The van der Waals surface area contributed by atoms with Crippen molar-refractivity contribution in [2.75, 3.05) is 0 Å². The molecule has 0 N–H and O–H groups in total. The molecule has 0 aliphatic heterocycles. The Balaban J connectivity index is 3.49. The molecule has 0 radical (unpaired) electrons. The Hall–Kier alpha value is -0.860. The van der Waals surface area contributed by atoms with Crippen LogP contribution in [0, 0.1) is 0 Å². The molecule has 3 heteroatoms. The van der Waals surface area contributed by atoms with E-state index in [0.29, 0.717) is 19.3 Å². The predicted octanol–water partition coefficient (Wildman–Crippen LogP) is 5.60. The molecule has 0 fully saturated rings. The third-order valence-electron chi connectivity index (χ3n) is 4.06. The van der Waals surface area contributed by atoms with Gasteiger partial charge in [-0.05, 0) is 26.2 Å². The smallest absolute Gasteiger partial charge is 0.306 e. The monoisotopic (exact) mass is 312 g/mol. The van der Waals surface area contributed by atoms with Gasteiger partial charge in [0, 0.05) is 12.8 Å². The van der Waals surface area contributed by atoms with Gasteiger partial charge in [-0.1, -0.05) is 65.2 Å². The van der Waals surface area contributed by atoms with Gasteiger partial charge in [-0.15, -0.1) is 0 Å². The van der Waals surface area contributed by atoms with Crippen LogP contribution in [0.1, 0.15) is 104 Å². The minimum atomic E-state index is -0.0988. The first-order valence-electron chi connectivity index (χ1n) is 9.29. The summed E-state index contributed by atoms with van der Waals surface area (Å²) in [5.41, 5.74) is 0. The van der Waals surface area contributed by atoms with Crippen molar-refractivity contribution in [2.24, 2.45) is 0 Å². The van der Waals surface area contributed by atoms with E-state index < -0.39 is 0 Å². The molecule has 0 aliphatic carbocycles. The molecule has 0 bridgehead atoms. The molecule has 0 heterocycles. The molecular weight excluding hydrogens is 276 g/mol. The Kier molecular flexibility index (Phi) is 14.5. The molecule has 0 aromatic rings. The molecule has 0 aliphatic rings. The Morgan fingerprint density at radius 3 is 1.86 bits per heavy atom. The molecule has 0 unspecified atom stereocenters. The average molecular weight is 312 g/mol. The van der Waals surface area contributed by atoms with E-state index in [9.17, 15) is 9.59 Å². The molecule has 0 spiro atoms. The number of esters is 1. The van der Waals surface area contributed by atoms with Gasteiger partial charge in [0.25, 0.3) is 0 Å². The van der Waals surface area contributed by atoms with Gasteiger partial charge in [-0.25, -0.2) is 0 Å². The molecule has 3 nitrogen and oxygen atoms in total. The fourth-order valence-electron chi connectivity index (χ4n) is 2.54. The lowest BCUT2D eigenvalue weighted by Crippen LogP contribution is -2.18. The van der Waals surface area contributed by atoms with Crippen LogP contribution in [0.2, 0.25) is 0 Å². The summed E-state index contributed by atoms with van der Waals surface area (Å²) in [7, 11) is 0. The highest BCUT2D eigenvalue weighted by atomic mass is 16.5. The number of hydrogen-bond donors (Lipinski definition) is 0. The minimum Gasteiger partial charge on any atom is -0.462 e. The fraction of sp³-hybridized carbons (Fsp3) is 0.895. The Labute approximate surface area is 137 Å². The Morgan fingerprint density at radius 2 is 1.36 bits per heavy atom. The molecule has 0 aromatic carbocycles. The summed E-state index contributed by atoms with van der Waals surface area (Å²) < 4.78 is 5.43. The van der Waals surface area contributed by atoms with Crippen LogP contribution in [-0.2, 0) is 14.3 Å². The van der Waals surface area contributed by atoms with Gasteiger partial charge in [0.1, 0.15) is 11.9 Å². The quantitative estimate of drug-likeness (QED) is 0.292. The zero-order valence-corrected chi connectivity index (χ0v) is 15.0. The first kappa shape index (κ1) is 21.1. The number of ether oxygens (including phenoxy) is 1. The average Bonchev–Trinajstić information content (AvgIpc) is 2.49. The molecule has 1 atom stereocenters. The third-order valence-corrected chi connectivity index (χ3v) is 4.06. The maximum absolute atomic E-state index is 11.8. The van der Waals surface area contributed by atoms with Crippen molar-refractivity contribution in [1.29, 1.82) is 0 Å². The molecule has 0 rings (SSSR count). The number of carbonyl (C=O) groups is 2. The highest BCUT2D eigenvalue weighted by molar-refractivity contribution is 5.75. The summed E-state index contributed by atoms with van der Waals surface area (Å²) in [5, 5.41) is 0. The van der Waals surface area contributed by atoms with E-state index in [1.807, 2.05) is 6.92 Å². The van der Waals surface area contributed by atoms with E-state index in [1.165, 1.54) is 44.9 Å². The van der Waals surface area contributed by atoms with Crippen LogP contribution >= 0.6 is 0 Å². The van der Waals surface area contributed by atoms with Crippen molar-refractivity contribution in [1.82, 2.24) is 0 Å². The molecule has 0 saturated carbocycles. The lowest BCUT2D eigenvalue weighted by atomic mass is 10.1. The van der Waals surface area contributed by atoms with Crippen LogP contribution in [0.4, 0.5) is 0 Å². The van der Waals surface area contributed by atoms with Crippen LogP contribution in [0.25, 0.3) is 0 Å². The van der Waals surface area contributed by atoms with Gasteiger partial charge in [0.05, 0.1) is 0 Å². The minimum absolute atomic E-state index is 0.0880. The number of rotatable bonds is 15. The van der Waals surface area contributed by atoms with Crippen LogP contribution < -0.4 is 0 Å². The zero-order valence-electron chi connectivity index (χ0n) is 15.0. The number of ketones is 1. The largest absolute Gasteiger partial charge is 0.462 e. The van der Waals surface area contributed by atoms with E-state index in [2.05, 4.69) is 6.92 Å². The summed E-state index contributed by atoms with van der Waals surface area (Å²) in [6.07, 6.45) is 13.6. The summed E-state index contributed by atoms with van der Waals surface area (Å²) in [5.74, 6) is 0.0618. The Bertz CT molecular complexity index is 286. The summed E-state index contributed by atoms with van der Waals surface area (Å²) in [4.78, 5) is 22.7. The number of Topliss-reactive ketones (excluding diaryl/α,β-unsaturated/α-hetero) is 1. The molecule has 0 saturated heterocycles. The summed E-state index contributed by atoms with van der Waals surface area (Å²) >= 11 is 0. The second-order valence-electron chi connectivity index (χ2n) is 6.34. The van der Waals surface area contributed by atoms with E-state index in [-0.39, 0.29) is 17.9 Å². The van der Waals surface area contributed by atoms with Crippen molar-refractivity contribution in [2.45, 2.75) is 110 Å². The lowest BCUT2D eigenvalue weighted by molar-refractivity contribution is -0.150. The summed E-state index contributed by atoms with van der Waals surface area (Å²) in [6, 6.07) is 0. The standard InChI is InChI=1S/C19H36O3/c1-4-6-7-8-9-10-11-12-13-14-19(21)22-18(5-2)16-15-17(3)20/h18H,4-16H2,1-3H3/t18-/m1/s1. The number of unbranched alkanes of at least 4 members (excludes halogenated alkanes) is 8. The van der Waals surface area contributed by atoms with E-state index in [4.69, 9.17) is 4.74 Å². The first-order chi connectivity index (χ1) is 10.6. The normalized spacial score (nSPS) is 12.1. The molecule has 0 amide bonds. The van der Waals surface area contributed by atoms with E-state index in [0.717, 1.165) is 19.3 Å². The van der Waals surface area contributed by atoms with Crippen LogP contribution in [0.5, 0.6) is 0 Å². The van der Waals surface area contributed by atoms with Gasteiger partial charge in [0.15, 0.2) is 0 Å². The van der Waals surface area contributed by atoms with Crippen molar-refractivity contribution in [3.8, 4) is 0 Å². The first-order valence-corrected chi connectivity index (χ1v) is 9.29. The molecule has 130 valence electrons. The Morgan fingerprint density at radius 1 is 0.818 bits per heavy atom. The van der Waals surface area contributed by atoms with Crippen molar-refractivity contribution >= 4 is 11.8 Å². The van der Waals surface area contributed by atoms with Gasteiger partial charge in [-0.3, -0.25) is 4.79 Å². The topological polar surface area (TPSA) is 43.4 Å². The SMILES string of the molecule is CCCCCCCCCCCC(=O)O[C@H](CC)CCC(C)=O. The van der Waals surface area contributed by atoms with Crippen molar-refractivity contribution in [3.05, 3.63) is 0 Å². The van der Waals surface area contributed by atoms with Gasteiger partial charge >= 0.3 is 5.97 Å². The second-order valence-corrected chi connectivity index (χ2v) is 6.34. The highest BCUT2D eigenvalue weighted by Crippen LogP contribution is 2.13. The van der Waals surface area contributed by atoms with Gasteiger partial charge < -0.3 is 9.53 Å². The van der Waals surface area contributed by atoms with Crippen molar-refractivity contribution in [3.63, 3.8) is 0 Å². The fourth-order valence-corrected chi connectivity index (χ4v) is 2.54. The number of hydrogen-bond acceptors (Lipinski definition) is 3. The van der Waals surface area contributed by atoms with Crippen molar-refractivity contribution < 1.29 is 14.3 Å². The highest BCUT2D eigenvalue weighted by Gasteiger charge is 2.13. The van der Waals surface area contributed by atoms with Crippen LogP contribution in [-0.4, -0.2) is 17.9 Å². The van der Waals surface area contributed by atoms with Crippen LogP contribution in [0.15, 0.2) is 0 Å². The predicted molar refractivity (Wildman–Crippen MR) is 91.9 cm³/mol. The zero-order chi connectivity index (χ0) is 16.6. The second kappa shape index (κ2) is 15.1. The maximum Gasteiger partial charge on any atom is 0.306 e. The lowest BCUT2D eigenvalue weighted by Gasteiger charge is -2.15. The number of carbonyl (C=O) groups excluding carboxylic acids is 2. The van der Waals surface area contributed by atoms with Gasteiger partial charge in [0.2, 0.25) is 0 Å². The third kappa shape index (κ3) is 14.1. The maximum atomic E-state index is 11.8. The summed E-state index contributed by atoms with van der Waals surface area (Å²) in [6.45, 7) is 5.82. The van der Waals surface area contributed by atoms with E-state index >= 15 is 0 Å². The van der Waals surface area contributed by atoms with E-state index in [1.54, 1.807) is 6.92 Å². The molecular formula is C19H36O3.